The summed E-state index contributed by atoms with van der Waals surface area (Å²) in [5, 5.41) is 9.09. The molecule has 212 valence electrons. The summed E-state index contributed by atoms with van der Waals surface area (Å²) in [7, 11) is -2.14. The fraction of sp³-hybridized carbons (Fsp3) is 0.519. The van der Waals surface area contributed by atoms with Gasteiger partial charge in [-0.2, -0.15) is 4.98 Å². The Morgan fingerprint density at radius 1 is 1.26 bits per heavy atom. The summed E-state index contributed by atoms with van der Waals surface area (Å²) in [6.45, 7) is 8.08. The number of rotatable bonds is 10. The van der Waals surface area contributed by atoms with E-state index in [1.165, 1.54) is 25.0 Å². The Kier molecular flexibility index (Phi) is 9.35. The van der Waals surface area contributed by atoms with Crippen LogP contribution in [0.2, 0.25) is 5.02 Å². The van der Waals surface area contributed by atoms with Crippen LogP contribution in [0.4, 0.5) is 17.5 Å². The number of aromatic nitrogens is 2. The average molecular weight is 576 g/mol. The lowest BCUT2D eigenvalue weighted by Gasteiger charge is -2.26. The van der Waals surface area contributed by atoms with Gasteiger partial charge in [0.1, 0.15) is 10.8 Å². The number of ether oxygens (including phenoxy) is 1. The minimum absolute atomic E-state index is 0.0286. The minimum Gasteiger partial charge on any atom is -0.489 e. The highest BCUT2D eigenvalue weighted by atomic mass is 35.5. The third-order valence-electron chi connectivity index (χ3n) is 7.07. The Morgan fingerprint density at radius 3 is 2.59 bits per heavy atom. The maximum Gasteiger partial charge on any atom is 0.229 e. The van der Waals surface area contributed by atoms with E-state index in [2.05, 4.69) is 50.0 Å². The monoisotopic (exact) mass is 575 g/mol. The predicted octanol–water partition coefficient (Wildman–Crippen LogP) is 4.64. The van der Waals surface area contributed by atoms with Crippen LogP contribution in [0.3, 0.4) is 0 Å². The number of aliphatic imine (C=N–C) groups is 1. The van der Waals surface area contributed by atoms with E-state index in [1.54, 1.807) is 0 Å². The van der Waals surface area contributed by atoms with Gasteiger partial charge >= 0.3 is 0 Å². The average Bonchev–Trinajstić information content (AvgIpc) is 2.85. The predicted molar refractivity (Wildman–Crippen MR) is 158 cm³/mol. The third-order valence-corrected chi connectivity index (χ3v) is 9.53. The molecule has 0 bridgehead atoms. The second-order valence-corrected chi connectivity index (χ2v) is 12.9. The Balaban J connectivity index is 1.65. The van der Waals surface area contributed by atoms with Crippen molar-refractivity contribution >= 4 is 45.1 Å². The number of aryl methyl sites for hydroxylation is 1. The quantitative estimate of drug-likeness (QED) is 0.298. The first-order chi connectivity index (χ1) is 18.6. The van der Waals surface area contributed by atoms with Gasteiger partial charge in [0.2, 0.25) is 5.95 Å². The highest BCUT2D eigenvalue weighted by Crippen LogP contribution is 2.37. The molecular formula is C27H38ClN7O3S. The molecule has 0 atom stereocenters. The summed E-state index contributed by atoms with van der Waals surface area (Å²) in [4.78, 5) is 12.8. The molecule has 0 amide bonds. The molecule has 2 aromatic rings. The lowest BCUT2D eigenvalue weighted by Crippen LogP contribution is -2.33. The number of allylic oxidation sites excluding steroid dienone is 1. The highest BCUT2D eigenvalue weighted by molar-refractivity contribution is 7.95. The molecule has 2 aliphatic rings. The number of piperidine rings is 1. The van der Waals surface area contributed by atoms with E-state index < -0.39 is 15.1 Å². The van der Waals surface area contributed by atoms with Crippen molar-refractivity contribution in [2.24, 2.45) is 10.7 Å². The molecule has 4 rings (SSSR count). The van der Waals surface area contributed by atoms with Crippen LogP contribution in [0.25, 0.3) is 0 Å². The fourth-order valence-electron chi connectivity index (χ4n) is 4.79. The number of anilines is 3. The molecule has 2 fully saturated rings. The van der Waals surface area contributed by atoms with Crippen LogP contribution in [0.1, 0.15) is 63.0 Å². The number of sulfone groups is 1. The maximum atomic E-state index is 12.9. The van der Waals surface area contributed by atoms with Crippen LogP contribution >= 0.6 is 11.6 Å². The van der Waals surface area contributed by atoms with Crippen LogP contribution in [0.15, 0.2) is 34.0 Å². The van der Waals surface area contributed by atoms with Gasteiger partial charge in [0.15, 0.2) is 20.7 Å². The van der Waals surface area contributed by atoms with Gasteiger partial charge in [-0.15, -0.1) is 0 Å². The van der Waals surface area contributed by atoms with Crippen LogP contribution in [0, 0.1) is 6.92 Å². The second kappa shape index (κ2) is 12.5. The first-order valence-corrected chi connectivity index (χ1v) is 15.3. The van der Waals surface area contributed by atoms with Crippen LogP contribution in [-0.4, -0.2) is 56.1 Å². The number of nitrogens with two attached hydrogens (primary N) is 1. The maximum absolute atomic E-state index is 12.9. The molecule has 1 aromatic carbocycles. The zero-order valence-electron chi connectivity index (χ0n) is 22.9. The van der Waals surface area contributed by atoms with Gasteiger partial charge in [0.05, 0.1) is 28.9 Å². The number of hydrogen-bond acceptors (Lipinski definition) is 10. The molecule has 1 saturated carbocycles. The lowest BCUT2D eigenvalue weighted by molar-refractivity contribution is 0.243. The molecule has 12 heteroatoms. The lowest BCUT2D eigenvalue weighted by atomic mass is 9.87. The Morgan fingerprint density at radius 2 is 1.97 bits per heavy atom. The highest BCUT2D eigenvalue weighted by Gasteiger charge is 2.34. The summed E-state index contributed by atoms with van der Waals surface area (Å²) < 4.78 is 32.0. The van der Waals surface area contributed by atoms with E-state index in [1.807, 2.05) is 13.8 Å². The zero-order chi connectivity index (χ0) is 28.2. The molecule has 5 N–H and O–H groups in total. The number of benzene rings is 1. The molecule has 0 spiro atoms. The molecule has 1 aliphatic heterocycles. The first-order valence-electron chi connectivity index (χ1n) is 13.3. The largest absolute Gasteiger partial charge is 0.489 e. The van der Waals surface area contributed by atoms with Crippen molar-refractivity contribution in [2.75, 3.05) is 30.8 Å². The SMILES string of the molecule is CN=CC(Nc1nc(Nc2cc(C)c(C3CCNCC3)cc2OC(C)C)ncc1Cl)=C(N)S(=O)(=O)C1CCC1. The molecule has 0 radical (unpaired) electrons. The van der Waals surface area contributed by atoms with E-state index in [9.17, 15) is 8.42 Å². The molecule has 1 aliphatic carbocycles. The first kappa shape index (κ1) is 29.1. The normalized spacial score (nSPS) is 17.7. The van der Waals surface area contributed by atoms with Crippen molar-refractivity contribution in [2.45, 2.75) is 70.1 Å². The van der Waals surface area contributed by atoms with E-state index in [0.717, 1.165) is 43.6 Å². The standard InChI is InChI=1S/C27H38ClN7O3S/c1-16(2)38-24-13-20(18-8-10-31-11-9-18)17(3)12-22(24)34-27-32-14-21(28)26(35-27)33-23(15-30-4)25(29)39(36,37)19-6-5-7-19/h12-16,18-19,31H,5-11,29H2,1-4H3,(H2,32,33,34,35). The number of nitrogens with zero attached hydrogens (tertiary/aromatic N) is 3. The van der Waals surface area contributed by atoms with E-state index in [0.29, 0.717) is 24.5 Å². The fourth-order valence-corrected chi connectivity index (χ4v) is 6.65. The second-order valence-electron chi connectivity index (χ2n) is 10.3. The molecule has 1 saturated heterocycles. The summed E-state index contributed by atoms with van der Waals surface area (Å²) in [6.07, 6.45) is 7.00. The molecule has 2 heterocycles. The van der Waals surface area contributed by atoms with Crippen molar-refractivity contribution in [3.05, 3.63) is 45.2 Å². The Hall–Kier alpha value is -2.89. The van der Waals surface area contributed by atoms with Crippen molar-refractivity contribution in [1.82, 2.24) is 15.3 Å². The molecule has 10 nitrogen and oxygen atoms in total. The molecule has 39 heavy (non-hydrogen) atoms. The number of halogens is 1. The van der Waals surface area contributed by atoms with Gasteiger partial charge in [-0.3, -0.25) is 4.99 Å². The van der Waals surface area contributed by atoms with Crippen LogP contribution in [0.5, 0.6) is 5.75 Å². The van der Waals surface area contributed by atoms with Crippen molar-refractivity contribution in [1.29, 1.82) is 0 Å². The molecule has 0 unspecified atom stereocenters. The topological polar surface area (TPSA) is 144 Å². The van der Waals surface area contributed by atoms with Crippen LogP contribution < -0.4 is 26.4 Å². The number of nitrogens with one attached hydrogen (secondary N) is 3. The zero-order valence-corrected chi connectivity index (χ0v) is 24.5. The van der Waals surface area contributed by atoms with Gasteiger partial charge in [-0.25, -0.2) is 13.4 Å². The van der Waals surface area contributed by atoms with Gasteiger partial charge in [-0.1, -0.05) is 18.0 Å². The van der Waals surface area contributed by atoms with Gasteiger partial charge < -0.3 is 26.4 Å². The van der Waals surface area contributed by atoms with Crippen molar-refractivity contribution in [3.8, 4) is 5.75 Å². The van der Waals surface area contributed by atoms with E-state index in [4.69, 9.17) is 22.1 Å². The summed E-state index contributed by atoms with van der Waals surface area (Å²) in [6, 6.07) is 4.17. The molecule has 1 aromatic heterocycles. The summed E-state index contributed by atoms with van der Waals surface area (Å²) in [5.41, 5.74) is 9.41. The third kappa shape index (κ3) is 6.82. The van der Waals surface area contributed by atoms with Crippen molar-refractivity contribution in [3.63, 3.8) is 0 Å². The number of hydrogen-bond donors (Lipinski definition) is 4. The van der Waals surface area contributed by atoms with E-state index in [-0.39, 0.29) is 33.6 Å². The molecular weight excluding hydrogens is 538 g/mol. The van der Waals surface area contributed by atoms with Gasteiger partial charge in [0, 0.05) is 13.3 Å². The van der Waals surface area contributed by atoms with Gasteiger partial charge in [0.25, 0.3) is 0 Å². The Labute approximate surface area is 235 Å². The van der Waals surface area contributed by atoms with Gasteiger partial charge in [-0.05, 0) is 88.7 Å². The summed E-state index contributed by atoms with van der Waals surface area (Å²) in [5.74, 6) is 1.65. The summed E-state index contributed by atoms with van der Waals surface area (Å²) >= 11 is 6.39. The minimum atomic E-state index is -3.67. The van der Waals surface area contributed by atoms with Crippen LogP contribution in [-0.2, 0) is 9.84 Å². The van der Waals surface area contributed by atoms with E-state index >= 15 is 0 Å². The Bertz CT molecular complexity index is 1350. The van der Waals surface area contributed by atoms with Crippen molar-refractivity contribution < 1.29 is 13.2 Å². The smallest absolute Gasteiger partial charge is 0.229 e.